The zero-order valence-corrected chi connectivity index (χ0v) is 9.58. The highest BCUT2D eigenvalue weighted by Gasteiger charge is 2.35. The van der Waals surface area contributed by atoms with Crippen LogP contribution < -0.4 is 4.90 Å². The molecular formula is C11H12FN3O3. The summed E-state index contributed by atoms with van der Waals surface area (Å²) in [6, 6.07) is 0.916. The maximum absolute atomic E-state index is 13.8. The van der Waals surface area contributed by atoms with Crippen molar-refractivity contribution in [2.75, 3.05) is 18.0 Å². The van der Waals surface area contributed by atoms with Gasteiger partial charge in [-0.3, -0.25) is 10.1 Å². The van der Waals surface area contributed by atoms with Crippen LogP contribution in [0.5, 0.6) is 0 Å². The zero-order chi connectivity index (χ0) is 12.7. The van der Waals surface area contributed by atoms with Crippen molar-refractivity contribution < 1.29 is 14.1 Å². The number of anilines is 1. The molecule has 2 atom stereocenters. The molecule has 3 rings (SSSR count). The molecule has 2 bridgehead atoms. The van der Waals surface area contributed by atoms with E-state index in [1.807, 2.05) is 4.90 Å². The van der Waals surface area contributed by atoms with Crippen LogP contribution in [-0.2, 0) is 4.74 Å². The van der Waals surface area contributed by atoms with Gasteiger partial charge in [0.15, 0.2) is 11.6 Å². The molecule has 0 aliphatic carbocycles. The van der Waals surface area contributed by atoms with Crippen molar-refractivity contribution in [1.82, 2.24) is 4.98 Å². The van der Waals surface area contributed by atoms with E-state index >= 15 is 0 Å². The lowest BCUT2D eigenvalue weighted by atomic mass is 10.2. The highest BCUT2D eigenvalue weighted by Crippen LogP contribution is 2.30. The molecule has 7 heteroatoms. The molecule has 2 saturated heterocycles. The van der Waals surface area contributed by atoms with Crippen LogP contribution in [0.1, 0.15) is 12.8 Å². The Morgan fingerprint density at radius 1 is 1.44 bits per heavy atom. The van der Waals surface area contributed by atoms with E-state index in [1.54, 1.807) is 0 Å². The van der Waals surface area contributed by atoms with E-state index in [-0.39, 0.29) is 23.7 Å². The van der Waals surface area contributed by atoms with Crippen molar-refractivity contribution in [2.24, 2.45) is 0 Å². The van der Waals surface area contributed by atoms with E-state index in [1.165, 1.54) is 0 Å². The van der Waals surface area contributed by atoms with Gasteiger partial charge in [0.1, 0.15) is 6.20 Å². The van der Waals surface area contributed by atoms with E-state index in [2.05, 4.69) is 4.98 Å². The fraction of sp³-hybridized carbons (Fsp3) is 0.545. The van der Waals surface area contributed by atoms with Crippen molar-refractivity contribution >= 4 is 11.5 Å². The van der Waals surface area contributed by atoms with Gasteiger partial charge in [-0.25, -0.2) is 9.37 Å². The molecule has 1 aromatic heterocycles. The molecule has 0 N–H and O–H groups in total. The largest absolute Gasteiger partial charge is 0.371 e. The van der Waals surface area contributed by atoms with Crippen molar-refractivity contribution in [3.63, 3.8) is 0 Å². The standard InChI is InChI=1S/C11H12FN3O3/c12-10-3-7(15(16)17)4-13-11(10)14-5-8-1-2-9(6-14)18-8/h3-4,8-9H,1-2,5-6H2. The quantitative estimate of drug-likeness (QED) is 0.590. The minimum Gasteiger partial charge on any atom is -0.371 e. The number of hydrogen-bond acceptors (Lipinski definition) is 5. The maximum Gasteiger partial charge on any atom is 0.290 e. The summed E-state index contributed by atoms with van der Waals surface area (Å²) >= 11 is 0. The first kappa shape index (κ1) is 11.3. The zero-order valence-electron chi connectivity index (χ0n) is 9.58. The van der Waals surface area contributed by atoms with E-state index < -0.39 is 10.7 Å². The maximum atomic E-state index is 13.8. The Kier molecular flexibility index (Phi) is 2.62. The molecule has 0 amide bonds. The normalized spacial score (nSPS) is 26.4. The second kappa shape index (κ2) is 4.16. The summed E-state index contributed by atoms with van der Waals surface area (Å²) in [6.07, 6.45) is 3.31. The number of nitro groups is 1. The summed E-state index contributed by atoms with van der Waals surface area (Å²) < 4.78 is 19.5. The third kappa shape index (κ3) is 1.90. The highest BCUT2D eigenvalue weighted by molar-refractivity contribution is 5.45. The molecule has 1 aromatic rings. The predicted molar refractivity (Wildman–Crippen MR) is 61.0 cm³/mol. The van der Waals surface area contributed by atoms with Gasteiger partial charge in [-0.05, 0) is 12.8 Å². The van der Waals surface area contributed by atoms with E-state index in [9.17, 15) is 14.5 Å². The Bertz CT molecular complexity index is 484. The molecule has 6 nitrogen and oxygen atoms in total. The average Bonchev–Trinajstić information content (AvgIpc) is 2.68. The Morgan fingerprint density at radius 2 is 2.11 bits per heavy atom. The molecule has 0 radical (unpaired) electrons. The summed E-state index contributed by atoms with van der Waals surface area (Å²) in [4.78, 5) is 15.6. The number of nitrogens with zero attached hydrogens (tertiary/aromatic N) is 3. The second-order valence-corrected chi connectivity index (χ2v) is 4.62. The fourth-order valence-corrected chi connectivity index (χ4v) is 2.54. The lowest BCUT2D eigenvalue weighted by Gasteiger charge is -2.32. The van der Waals surface area contributed by atoms with Gasteiger partial charge >= 0.3 is 0 Å². The first-order valence-electron chi connectivity index (χ1n) is 5.84. The number of rotatable bonds is 2. The van der Waals surface area contributed by atoms with Crippen molar-refractivity contribution in [1.29, 1.82) is 0 Å². The fourth-order valence-electron chi connectivity index (χ4n) is 2.54. The first-order valence-corrected chi connectivity index (χ1v) is 5.84. The lowest BCUT2D eigenvalue weighted by Crippen LogP contribution is -2.43. The molecular weight excluding hydrogens is 241 g/mol. The van der Waals surface area contributed by atoms with Crippen LogP contribution in [0.2, 0.25) is 0 Å². The smallest absolute Gasteiger partial charge is 0.290 e. The van der Waals surface area contributed by atoms with Gasteiger partial charge in [0.2, 0.25) is 0 Å². The molecule has 2 aliphatic rings. The molecule has 0 aromatic carbocycles. The van der Waals surface area contributed by atoms with Gasteiger partial charge in [0.05, 0.1) is 23.2 Å². The number of aromatic nitrogens is 1. The van der Waals surface area contributed by atoms with Gasteiger partial charge < -0.3 is 9.64 Å². The van der Waals surface area contributed by atoms with Crippen LogP contribution >= 0.6 is 0 Å². The Balaban J connectivity index is 1.86. The van der Waals surface area contributed by atoms with E-state index in [0.717, 1.165) is 25.1 Å². The third-order valence-corrected chi connectivity index (χ3v) is 3.36. The van der Waals surface area contributed by atoms with Gasteiger partial charge in [-0.15, -0.1) is 0 Å². The van der Waals surface area contributed by atoms with Crippen LogP contribution in [0.15, 0.2) is 12.3 Å². The SMILES string of the molecule is O=[N+]([O-])c1cnc(N2CC3CCC(C2)O3)c(F)c1. The minimum atomic E-state index is -0.650. The molecule has 2 fully saturated rings. The molecule has 0 saturated carbocycles. The summed E-state index contributed by atoms with van der Waals surface area (Å²) in [7, 11) is 0. The van der Waals surface area contributed by atoms with Gasteiger partial charge in [-0.2, -0.15) is 0 Å². The topological polar surface area (TPSA) is 68.5 Å². The molecule has 18 heavy (non-hydrogen) atoms. The summed E-state index contributed by atoms with van der Waals surface area (Å²) in [5.41, 5.74) is -0.326. The van der Waals surface area contributed by atoms with E-state index in [4.69, 9.17) is 4.74 Å². The Labute approximate surface area is 103 Å². The number of ether oxygens (including phenoxy) is 1. The third-order valence-electron chi connectivity index (χ3n) is 3.36. The monoisotopic (exact) mass is 253 g/mol. The minimum absolute atomic E-state index is 0.125. The molecule has 2 unspecified atom stereocenters. The van der Waals surface area contributed by atoms with Gasteiger partial charge in [0, 0.05) is 13.1 Å². The molecule has 96 valence electrons. The van der Waals surface area contributed by atoms with Gasteiger partial charge in [-0.1, -0.05) is 0 Å². The number of halogens is 1. The van der Waals surface area contributed by atoms with Crippen LogP contribution in [0.3, 0.4) is 0 Å². The van der Waals surface area contributed by atoms with Crippen LogP contribution in [0.25, 0.3) is 0 Å². The number of fused-ring (bicyclic) bond motifs is 2. The summed E-state index contributed by atoms with van der Waals surface area (Å²) in [5, 5.41) is 10.5. The predicted octanol–water partition coefficient (Wildman–Crippen LogP) is 1.50. The van der Waals surface area contributed by atoms with Crippen molar-refractivity contribution in [3.05, 3.63) is 28.2 Å². The highest BCUT2D eigenvalue weighted by atomic mass is 19.1. The summed E-state index contributed by atoms with van der Waals surface area (Å²) in [5.74, 6) is -0.466. The first-order chi connectivity index (χ1) is 8.63. The van der Waals surface area contributed by atoms with Crippen LogP contribution in [-0.4, -0.2) is 35.2 Å². The van der Waals surface area contributed by atoms with Crippen LogP contribution in [0, 0.1) is 15.9 Å². The van der Waals surface area contributed by atoms with Gasteiger partial charge in [0.25, 0.3) is 5.69 Å². The van der Waals surface area contributed by atoms with Crippen LogP contribution in [0.4, 0.5) is 15.9 Å². The van der Waals surface area contributed by atoms with Crippen molar-refractivity contribution in [3.8, 4) is 0 Å². The summed E-state index contributed by atoms with van der Waals surface area (Å²) in [6.45, 7) is 1.19. The van der Waals surface area contributed by atoms with E-state index in [0.29, 0.717) is 13.1 Å². The molecule has 3 heterocycles. The average molecular weight is 253 g/mol. The molecule has 2 aliphatic heterocycles. The Morgan fingerprint density at radius 3 is 2.67 bits per heavy atom. The second-order valence-electron chi connectivity index (χ2n) is 4.62. The Hall–Kier alpha value is -1.76. The van der Waals surface area contributed by atoms with Crippen molar-refractivity contribution in [2.45, 2.75) is 25.0 Å². The number of morpholine rings is 1. The lowest BCUT2D eigenvalue weighted by molar-refractivity contribution is -0.385. The molecule has 0 spiro atoms. The number of pyridine rings is 1. The number of hydrogen-bond donors (Lipinski definition) is 0.